The molecule has 23 heavy (non-hydrogen) atoms. The van der Waals surface area contributed by atoms with Crippen molar-refractivity contribution < 1.29 is 4.79 Å². The van der Waals surface area contributed by atoms with Gasteiger partial charge in [0.1, 0.15) is 0 Å². The normalized spacial score (nSPS) is 11.0. The number of hydrazone groups is 1. The lowest BCUT2D eigenvalue weighted by Gasteiger charge is -2.05. The van der Waals surface area contributed by atoms with Crippen LogP contribution in [0.1, 0.15) is 5.56 Å². The minimum absolute atomic E-state index is 0.117. The fourth-order valence-electron chi connectivity index (χ4n) is 2.19. The van der Waals surface area contributed by atoms with Gasteiger partial charge in [-0.15, -0.1) is 0 Å². The molecule has 3 aromatic rings. The average molecular weight is 327 g/mol. The minimum Gasteiger partial charge on any atom is -0.376 e. The van der Waals surface area contributed by atoms with Crippen LogP contribution in [0.4, 0.5) is 5.69 Å². The molecule has 0 bridgehead atoms. The fourth-order valence-corrected chi connectivity index (χ4v) is 2.39. The van der Waals surface area contributed by atoms with Gasteiger partial charge in [-0.2, -0.15) is 5.10 Å². The zero-order valence-corrected chi connectivity index (χ0v) is 13.0. The summed E-state index contributed by atoms with van der Waals surface area (Å²) in [5.41, 5.74) is 5.23. The molecular weight excluding hydrogens is 312 g/mol. The van der Waals surface area contributed by atoms with Crippen molar-refractivity contribution in [3.8, 4) is 0 Å². The standard InChI is InChI=1S/C17H15ClN4O/c18-13-4-3-5-14(8-13)19-11-17(23)22-21-10-12-9-20-16-7-2-1-6-15(12)16/h1-10,19-20H,11H2,(H,22,23)/b21-10-. The number of hydrogen-bond acceptors (Lipinski definition) is 3. The van der Waals surface area contributed by atoms with E-state index in [1.807, 2.05) is 42.6 Å². The Morgan fingerprint density at radius 1 is 1.22 bits per heavy atom. The Bertz CT molecular complexity index is 856. The maximum absolute atomic E-state index is 11.8. The van der Waals surface area contributed by atoms with Crippen molar-refractivity contribution in [1.29, 1.82) is 0 Å². The number of aromatic nitrogens is 1. The molecule has 0 spiro atoms. The predicted molar refractivity (Wildman–Crippen MR) is 94.0 cm³/mol. The van der Waals surface area contributed by atoms with Crippen molar-refractivity contribution in [2.75, 3.05) is 11.9 Å². The summed E-state index contributed by atoms with van der Waals surface area (Å²) in [4.78, 5) is 14.9. The summed E-state index contributed by atoms with van der Waals surface area (Å²) in [7, 11) is 0. The van der Waals surface area contributed by atoms with E-state index in [0.717, 1.165) is 22.2 Å². The number of anilines is 1. The summed E-state index contributed by atoms with van der Waals surface area (Å²) in [6, 6.07) is 15.1. The number of carbonyl (C=O) groups is 1. The van der Waals surface area contributed by atoms with Gasteiger partial charge in [-0.25, -0.2) is 5.43 Å². The number of nitrogens with one attached hydrogen (secondary N) is 3. The summed E-state index contributed by atoms with van der Waals surface area (Å²) >= 11 is 5.88. The molecule has 0 saturated carbocycles. The molecule has 1 heterocycles. The number of amides is 1. The van der Waals surface area contributed by atoms with Crippen LogP contribution in [0.15, 0.2) is 59.8 Å². The van der Waals surface area contributed by atoms with Crippen molar-refractivity contribution in [1.82, 2.24) is 10.4 Å². The van der Waals surface area contributed by atoms with Crippen molar-refractivity contribution in [2.24, 2.45) is 5.10 Å². The Balaban J connectivity index is 1.54. The maximum atomic E-state index is 11.8. The van der Waals surface area contributed by atoms with E-state index in [4.69, 9.17) is 11.6 Å². The highest BCUT2D eigenvalue weighted by atomic mass is 35.5. The molecule has 1 amide bonds. The summed E-state index contributed by atoms with van der Waals surface area (Å²) in [5.74, 6) is -0.235. The first kappa shape index (κ1) is 15.1. The zero-order chi connectivity index (χ0) is 16.1. The van der Waals surface area contributed by atoms with Crippen LogP contribution >= 0.6 is 11.6 Å². The molecule has 0 unspecified atom stereocenters. The lowest BCUT2D eigenvalue weighted by atomic mass is 10.2. The topological polar surface area (TPSA) is 69.3 Å². The quantitative estimate of drug-likeness (QED) is 0.497. The van der Waals surface area contributed by atoms with E-state index in [1.54, 1.807) is 18.3 Å². The Kier molecular flexibility index (Phi) is 4.59. The second-order valence-corrected chi connectivity index (χ2v) is 5.38. The van der Waals surface area contributed by atoms with Gasteiger partial charge < -0.3 is 10.3 Å². The van der Waals surface area contributed by atoms with Crippen LogP contribution in [-0.2, 0) is 4.79 Å². The van der Waals surface area contributed by atoms with Crippen molar-refractivity contribution in [2.45, 2.75) is 0 Å². The van der Waals surface area contributed by atoms with Gasteiger partial charge >= 0.3 is 0 Å². The van der Waals surface area contributed by atoms with Crippen molar-refractivity contribution in [3.05, 3.63) is 65.3 Å². The lowest BCUT2D eigenvalue weighted by molar-refractivity contribution is -0.119. The molecule has 2 aromatic carbocycles. The number of benzene rings is 2. The predicted octanol–water partition coefficient (Wildman–Crippen LogP) is 3.38. The highest BCUT2D eigenvalue weighted by molar-refractivity contribution is 6.30. The minimum atomic E-state index is -0.235. The number of H-pyrrole nitrogens is 1. The first-order chi connectivity index (χ1) is 11.2. The molecule has 3 N–H and O–H groups in total. The summed E-state index contributed by atoms with van der Waals surface area (Å²) < 4.78 is 0. The van der Waals surface area contributed by atoms with E-state index in [0.29, 0.717) is 5.02 Å². The highest BCUT2D eigenvalue weighted by Crippen LogP contribution is 2.16. The number of aromatic amines is 1. The van der Waals surface area contributed by atoms with Gasteiger partial charge in [-0.1, -0.05) is 35.9 Å². The van der Waals surface area contributed by atoms with Crippen molar-refractivity contribution in [3.63, 3.8) is 0 Å². The Labute approximate surface area is 138 Å². The smallest absolute Gasteiger partial charge is 0.259 e. The van der Waals surface area contributed by atoms with Gasteiger partial charge in [0.05, 0.1) is 12.8 Å². The Morgan fingerprint density at radius 3 is 2.96 bits per heavy atom. The van der Waals surface area contributed by atoms with Gasteiger partial charge in [-0.05, 0) is 24.3 Å². The number of fused-ring (bicyclic) bond motifs is 1. The highest BCUT2D eigenvalue weighted by Gasteiger charge is 2.02. The summed E-state index contributed by atoms with van der Waals surface area (Å²) in [6.45, 7) is 0.117. The van der Waals surface area contributed by atoms with Crippen LogP contribution in [0.2, 0.25) is 5.02 Å². The molecule has 0 aliphatic carbocycles. The largest absolute Gasteiger partial charge is 0.376 e. The summed E-state index contributed by atoms with van der Waals surface area (Å²) in [5, 5.41) is 8.64. The average Bonchev–Trinajstić information content (AvgIpc) is 2.97. The van der Waals surface area contributed by atoms with Crippen LogP contribution in [0.3, 0.4) is 0 Å². The molecule has 3 rings (SSSR count). The van der Waals surface area contributed by atoms with Crippen LogP contribution in [0.5, 0.6) is 0 Å². The third kappa shape index (κ3) is 3.90. The first-order valence-corrected chi connectivity index (χ1v) is 7.47. The Hall–Kier alpha value is -2.79. The molecule has 1 aromatic heterocycles. The van der Waals surface area contributed by atoms with Gasteiger partial charge in [0.2, 0.25) is 0 Å². The van der Waals surface area contributed by atoms with E-state index in [1.165, 1.54) is 0 Å². The fraction of sp³-hybridized carbons (Fsp3) is 0.0588. The van der Waals surface area contributed by atoms with Gasteiger partial charge in [-0.3, -0.25) is 4.79 Å². The molecule has 0 atom stereocenters. The third-order valence-electron chi connectivity index (χ3n) is 3.29. The van der Waals surface area contributed by atoms with Crippen LogP contribution in [-0.4, -0.2) is 23.7 Å². The van der Waals surface area contributed by atoms with Gasteiger partial charge in [0.25, 0.3) is 5.91 Å². The summed E-state index contributed by atoms with van der Waals surface area (Å²) in [6.07, 6.45) is 3.47. The number of rotatable bonds is 5. The Morgan fingerprint density at radius 2 is 2.09 bits per heavy atom. The molecule has 5 nitrogen and oxygen atoms in total. The van der Waals surface area contributed by atoms with E-state index in [2.05, 4.69) is 20.8 Å². The number of nitrogens with zero attached hydrogens (tertiary/aromatic N) is 1. The molecule has 116 valence electrons. The molecule has 0 aliphatic rings. The zero-order valence-electron chi connectivity index (χ0n) is 12.2. The maximum Gasteiger partial charge on any atom is 0.259 e. The second-order valence-electron chi connectivity index (χ2n) is 4.95. The molecule has 0 fully saturated rings. The molecule has 0 saturated heterocycles. The first-order valence-electron chi connectivity index (χ1n) is 7.10. The van der Waals surface area contributed by atoms with E-state index in [9.17, 15) is 4.79 Å². The second kappa shape index (κ2) is 6.98. The molecular formula is C17H15ClN4O. The number of hydrogen-bond donors (Lipinski definition) is 3. The van der Waals surface area contributed by atoms with E-state index in [-0.39, 0.29) is 12.5 Å². The van der Waals surface area contributed by atoms with Gasteiger partial charge in [0, 0.05) is 33.4 Å². The molecule has 6 heteroatoms. The lowest BCUT2D eigenvalue weighted by Crippen LogP contribution is -2.25. The number of para-hydroxylation sites is 1. The molecule has 0 aliphatic heterocycles. The number of halogens is 1. The number of carbonyl (C=O) groups excluding carboxylic acids is 1. The van der Waals surface area contributed by atoms with Crippen LogP contribution < -0.4 is 10.7 Å². The van der Waals surface area contributed by atoms with Gasteiger partial charge in [0.15, 0.2) is 0 Å². The SMILES string of the molecule is O=C(CNc1cccc(Cl)c1)N/N=C\c1c[nH]c2ccccc12. The van der Waals surface area contributed by atoms with Crippen molar-refractivity contribution >= 4 is 40.3 Å². The van der Waals surface area contributed by atoms with Crippen LogP contribution in [0.25, 0.3) is 10.9 Å². The monoisotopic (exact) mass is 326 g/mol. The third-order valence-corrected chi connectivity index (χ3v) is 3.53. The molecule has 0 radical (unpaired) electrons. The van der Waals surface area contributed by atoms with E-state index >= 15 is 0 Å². The van der Waals surface area contributed by atoms with Crippen LogP contribution in [0, 0.1) is 0 Å². The van der Waals surface area contributed by atoms with E-state index < -0.39 is 0 Å².